The average Bonchev–Trinajstić information content (AvgIpc) is 3.70. The summed E-state index contributed by atoms with van der Waals surface area (Å²) >= 11 is 0. The number of aliphatic hydroxyl groups is 2. The lowest BCUT2D eigenvalue weighted by Gasteiger charge is -2.64. The van der Waals surface area contributed by atoms with Gasteiger partial charge in [0.2, 0.25) is 5.91 Å². The summed E-state index contributed by atoms with van der Waals surface area (Å²) in [5.74, 6) is 0.197. The Balaban J connectivity index is 1.25. The van der Waals surface area contributed by atoms with Gasteiger partial charge in [0.25, 0.3) is 0 Å². The van der Waals surface area contributed by atoms with Crippen LogP contribution in [0.15, 0.2) is 48.1 Å². The van der Waals surface area contributed by atoms with Crippen molar-refractivity contribution in [2.24, 2.45) is 28.1 Å². The highest BCUT2D eigenvalue weighted by Gasteiger charge is 2.66. The van der Waals surface area contributed by atoms with Gasteiger partial charge in [0.1, 0.15) is 6.04 Å². The summed E-state index contributed by atoms with van der Waals surface area (Å²) in [6.45, 7) is 29.6. The van der Waals surface area contributed by atoms with Crippen LogP contribution >= 0.6 is 0 Å². The van der Waals surface area contributed by atoms with Crippen LogP contribution in [0.2, 0.25) is 0 Å². The first kappa shape index (κ1) is 37.7. The molecule has 2 saturated carbocycles. The Hall–Kier alpha value is -3.26. The predicted molar refractivity (Wildman–Crippen MR) is 215 cm³/mol. The number of nitrogens with one attached hydrogen (secondary N) is 1. The number of hydrogen-bond acceptors (Lipinski definition) is 5. The number of aromatic nitrogens is 1. The zero-order chi connectivity index (χ0) is 39.5. The lowest BCUT2D eigenvalue weighted by atomic mass is 9.40. The van der Waals surface area contributed by atoms with Crippen LogP contribution in [0.5, 0.6) is 0 Å². The number of ketones is 1. The summed E-state index contributed by atoms with van der Waals surface area (Å²) in [5.41, 5.74) is 6.47. The van der Waals surface area contributed by atoms with Crippen LogP contribution in [0.4, 0.5) is 0 Å². The predicted octanol–water partition coefficient (Wildman–Crippen LogP) is 9.23. The first-order valence-electron chi connectivity index (χ1n) is 20.3. The van der Waals surface area contributed by atoms with Crippen molar-refractivity contribution in [1.82, 2.24) is 9.88 Å². The van der Waals surface area contributed by atoms with Gasteiger partial charge in [-0.2, -0.15) is 0 Å². The van der Waals surface area contributed by atoms with E-state index in [1.807, 2.05) is 46.8 Å². The molecule has 2 unspecified atom stereocenters. The normalized spacial score (nSPS) is 37.5. The molecule has 0 radical (unpaired) electrons. The quantitative estimate of drug-likeness (QED) is 0.165. The highest BCUT2D eigenvalue weighted by molar-refractivity contribution is 6.18. The maximum absolute atomic E-state index is 14.7. The number of ether oxygens (including phenoxy) is 1. The van der Waals surface area contributed by atoms with Gasteiger partial charge in [-0.15, -0.1) is 0 Å². The zero-order valence-corrected chi connectivity index (χ0v) is 34.7. The number of rotatable bonds is 4. The van der Waals surface area contributed by atoms with Crippen LogP contribution in [0.3, 0.4) is 0 Å². The van der Waals surface area contributed by atoms with Crippen LogP contribution in [0, 0.1) is 28.1 Å². The SMILES string of the molecule is C=C(C)[C@H]1C(=O)c2c3c(cc4c5c(n1c24)C[C@@]1(C)C5CC[C@H]2[C@](C)(/C=C/C=C(\C)C(=O)NC(C)(C)C)[C@@H](O)CC[C@@]21C)C1=CC(C)(C)OC(C)(C)C1[C@@H]3O. The first-order valence-corrected chi connectivity index (χ1v) is 20.3. The van der Waals surface area contributed by atoms with E-state index in [-0.39, 0.29) is 45.8 Å². The van der Waals surface area contributed by atoms with E-state index in [1.54, 1.807) is 0 Å². The van der Waals surface area contributed by atoms with Crippen molar-refractivity contribution >= 4 is 28.2 Å². The van der Waals surface area contributed by atoms with E-state index >= 15 is 0 Å². The Kier molecular flexibility index (Phi) is 7.96. The minimum atomic E-state index is -0.840. The van der Waals surface area contributed by atoms with Crippen LogP contribution < -0.4 is 5.32 Å². The molecule has 2 fully saturated rings. The molecule has 54 heavy (non-hydrogen) atoms. The number of aliphatic hydroxyl groups excluding tert-OH is 2. The van der Waals surface area contributed by atoms with Gasteiger partial charge in [-0.05, 0) is 146 Å². The van der Waals surface area contributed by atoms with E-state index in [0.717, 1.165) is 58.9 Å². The Bertz CT molecular complexity index is 2140. The molecule has 3 heterocycles. The molecule has 8 rings (SSSR count). The van der Waals surface area contributed by atoms with Crippen LogP contribution in [0.1, 0.15) is 160 Å². The Labute approximate surface area is 322 Å². The second-order valence-corrected chi connectivity index (χ2v) is 20.8. The number of benzene rings is 1. The summed E-state index contributed by atoms with van der Waals surface area (Å²) in [6.07, 6.45) is 11.4. The number of carbonyl (C=O) groups is 2. The minimum absolute atomic E-state index is 0.0422. The van der Waals surface area contributed by atoms with E-state index in [4.69, 9.17) is 4.74 Å². The smallest absolute Gasteiger partial charge is 0.247 e. The Morgan fingerprint density at radius 3 is 2.35 bits per heavy atom. The number of allylic oxidation sites excluding steroid dienone is 3. The number of carbonyl (C=O) groups excluding carboxylic acids is 2. The molecule has 1 aromatic carbocycles. The van der Waals surface area contributed by atoms with Crippen molar-refractivity contribution in [2.45, 2.75) is 156 Å². The molecular weight excluding hydrogens is 673 g/mol. The Morgan fingerprint density at radius 2 is 1.70 bits per heavy atom. The average molecular weight is 735 g/mol. The van der Waals surface area contributed by atoms with Gasteiger partial charge >= 0.3 is 0 Å². The summed E-state index contributed by atoms with van der Waals surface area (Å²) < 4.78 is 8.88. The third-order valence-corrected chi connectivity index (χ3v) is 15.3. The van der Waals surface area contributed by atoms with Gasteiger partial charge in [0.05, 0.1) is 34.5 Å². The van der Waals surface area contributed by atoms with Crippen molar-refractivity contribution in [2.75, 3.05) is 0 Å². The maximum atomic E-state index is 14.7. The maximum Gasteiger partial charge on any atom is 0.247 e. The van der Waals surface area contributed by atoms with Gasteiger partial charge in [0, 0.05) is 39.1 Å². The molecule has 3 N–H and O–H groups in total. The van der Waals surface area contributed by atoms with Gasteiger partial charge in [-0.25, -0.2) is 0 Å². The fourth-order valence-corrected chi connectivity index (χ4v) is 13.0. The number of amides is 1. The van der Waals surface area contributed by atoms with Crippen LogP contribution in [-0.4, -0.2) is 49.3 Å². The molecule has 2 aliphatic heterocycles. The van der Waals surface area contributed by atoms with Gasteiger partial charge in [0.15, 0.2) is 5.78 Å². The third kappa shape index (κ3) is 4.89. The third-order valence-electron chi connectivity index (χ3n) is 15.3. The standard InChI is InChI=1S/C47H62N2O5/c1-24(2)37-40(52)35-34-26(28-22-43(7,8)54-44(9,10)36(28)39(34)51)21-27-33-29-16-17-31-45(11,19-14-15-25(3)41(53)48-42(4,5)6)32(50)18-20-46(31,12)47(29,13)23-30(33)49(37)38(27)35/h14-15,19,21-22,29,31-32,36-37,39,50-51H,1,16-18,20,23H2,2-13H3,(H,48,53)/b19-14+,25-15+/t29?,31-,32-,36?,37-,39+,45-,46-,47-/m0/s1. The van der Waals surface area contributed by atoms with Crippen molar-refractivity contribution in [1.29, 1.82) is 0 Å². The van der Waals surface area contributed by atoms with Gasteiger partial charge in [-0.1, -0.05) is 51.2 Å². The fraction of sp³-hybridized carbons (Fsp3) is 0.617. The number of nitrogens with zero attached hydrogens (tertiary/aromatic N) is 1. The fourth-order valence-electron chi connectivity index (χ4n) is 13.0. The summed E-state index contributed by atoms with van der Waals surface area (Å²) in [4.78, 5) is 27.6. The van der Waals surface area contributed by atoms with E-state index in [2.05, 4.69) is 83.1 Å². The molecule has 1 amide bonds. The zero-order valence-electron chi connectivity index (χ0n) is 34.7. The molecule has 0 bridgehead atoms. The van der Waals surface area contributed by atoms with E-state index < -0.39 is 34.9 Å². The molecule has 1 aromatic heterocycles. The topological polar surface area (TPSA) is 101 Å². The molecule has 6 aliphatic rings. The molecule has 7 nitrogen and oxygen atoms in total. The van der Waals surface area contributed by atoms with Crippen molar-refractivity contribution in [3.63, 3.8) is 0 Å². The highest BCUT2D eigenvalue weighted by atomic mass is 16.5. The summed E-state index contributed by atoms with van der Waals surface area (Å²) in [6, 6.07) is 1.83. The summed E-state index contributed by atoms with van der Waals surface area (Å²) in [7, 11) is 0. The largest absolute Gasteiger partial charge is 0.392 e. The van der Waals surface area contributed by atoms with Gasteiger partial charge in [-0.3, -0.25) is 9.59 Å². The number of Topliss-reactive ketones (excluding diaryl/α,β-unsaturated/α-hetero) is 1. The first-order chi connectivity index (χ1) is 24.9. The molecule has 9 atom stereocenters. The Morgan fingerprint density at radius 1 is 1.02 bits per heavy atom. The number of hydrogen-bond donors (Lipinski definition) is 3. The second-order valence-electron chi connectivity index (χ2n) is 20.8. The molecule has 7 heteroatoms. The highest BCUT2D eigenvalue weighted by Crippen LogP contribution is 2.73. The molecule has 0 spiro atoms. The lowest BCUT2D eigenvalue weighted by molar-refractivity contribution is -0.160. The monoisotopic (exact) mass is 734 g/mol. The van der Waals surface area contributed by atoms with Crippen molar-refractivity contribution in [3.8, 4) is 0 Å². The van der Waals surface area contributed by atoms with E-state index in [1.165, 1.54) is 11.3 Å². The molecule has 4 aliphatic carbocycles. The van der Waals surface area contributed by atoms with E-state index in [9.17, 15) is 19.8 Å². The van der Waals surface area contributed by atoms with Crippen molar-refractivity contribution in [3.05, 3.63) is 76.0 Å². The van der Waals surface area contributed by atoms with Crippen molar-refractivity contribution < 1.29 is 24.5 Å². The lowest BCUT2D eigenvalue weighted by Crippen LogP contribution is -2.59. The van der Waals surface area contributed by atoms with Crippen LogP contribution in [-0.2, 0) is 16.0 Å². The summed E-state index contributed by atoms with van der Waals surface area (Å²) in [5, 5.41) is 28.1. The van der Waals surface area contributed by atoms with E-state index in [0.29, 0.717) is 17.6 Å². The molecule has 2 aromatic rings. The van der Waals surface area contributed by atoms with Gasteiger partial charge < -0.3 is 24.8 Å². The minimum Gasteiger partial charge on any atom is -0.392 e. The molecular formula is C47H62N2O5. The molecule has 0 saturated heterocycles. The molecule has 290 valence electrons. The second kappa shape index (κ2) is 11.4. The number of fused-ring (bicyclic) bond motifs is 11. The van der Waals surface area contributed by atoms with Crippen LogP contribution in [0.25, 0.3) is 16.5 Å².